The van der Waals surface area contributed by atoms with E-state index in [4.69, 9.17) is 5.14 Å². The zero-order valence-corrected chi connectivity index (χ0v) is 11.4. The number of amides is 1. The molecule has 0 spiro atoms. The molecule has 1 amide bonds. The van der Waals surface area contributed by atoms with Crippen LogP contribution in [0.25, 0.3) is 0 Å². The van der Waals surface area contributed by atoms with E-state index in [1.165, 1.54) is 4.90 Å². The van der Waals surface area contributed by atoms with Gasteiger partial charge in [-0.3, -0.25) is 9.89 Å². The van der Waals surface area contributed by atoms with Crippen LogP contribution in [-0.2, 0) is 16.6 Å². The van der Waals surface area contributed by atoms with E-state index < -0.39 is 10.2 Å². The number of carbonyl (C=O) groups is 1. The van der Waals surface area contributed by atoms with Crippen molar-refractivity contribution >= 4 is 16.1 Å². The summed E-state index contributed by atoms with van der Waals surface area (Å²) in [5, 5.41) is 11.5. The Morgan fingerprint density at radius 3 is 2.47 bits per heavy atom. The van der Waals surface area contributed by atoms with Gasteiger partial charge >= 0.3 is 0 Å². The third kappa shape index (κ3) is 3.08. The molecule has 106 valence electrons. The van der Waals surface area contributed by atoms with Gasteiger partial charge in [0, 0.05) is 32.6 Å². The normalized spacial score (nSPS) is 17.7. The van der Waals surface area contributed by atoms with Crippen molar-refractivity contribution in [3.05, 3.63) is 11.6 Å². The first-order valence-electron chi connectivity index (χ1n) is 5.90. The van der Waals surface area contributed by atoms with E-state index >= 15 is 0 Å². The molecule has 0 radical (unpaired) electrons. The van der Waals surface area contributed by atoms with Gasteiger partial charge in [-0.2, -0.15) is 12.7 Å². The smallest absolute Gasteiger partial charge is 0.293 e. The number of aromatic nitrogens is 3. The molecule has 0 atom stereocenters. The van der Waals surface area contributed by atoms with E-state index in [2.05, 4.69) is 15.2 Å². The van der Waals surface area contributed by atoms with E-state index in [9.17, 15) is 13.2 Å². The van der Waals surface area contributed by atoms with E-state index in [1.54, 1.807) is 0 Å². The molecule has 1 aliphatic heterocycles. The lowest BCUT2D eigenvalue weighted by Gasteiger charge is -2.32. The molecule has 1 fully saturated rings. The second-order valence-corrected chi connectivity index (χ2v) is 5.74. The van der Waals surface area contributed by atoms with E-state index in [1.807, 2.05) is 6.92 Å². The predicted octanol–water partition coefficient (Wildman–Crippen LogP) is -1.67. The van der Waals surface area contributed by atoms with Crippen LogP contribution >= 0.6 is 0 Å². The fourth-order valence-corrected chi connectivity index (χ4v) is 2.51. The van der Waals surface area contributed by atoms with Crippen molar-refractivity contribution in [3.8, 4) is 0 Å². The maximum Gasteiger partial charge on any atom is 0.293 e. The molecule has 1 aromatic heterocycles. The molecule has 1 aliphatic rings. The van der Waals surface area contributed by atoms with Gasteiger partial charge in [0.05, 0.1) is 0 Å². The number of H-pyrrole nitrogens is 1. The number of nitrogens with two attached hydrogens (primary N) is 1. The number of hydrogen-bond acceptors (Lipinski definition) is 5. The van der Waals surface area contributed by atoms with E-state index in [-0.39, 0.29) is 37.9 Å². The minimum absolute atomic E-state index is 0.112. The number of hydrogen-bond donors (Lipinski definition) is 2. The molecule has 0 aromatic carbocycles. The molecule has 2 rings (SSSR count). The predicted molar refractivity (Wildman–Crippen MR) is 66.3 cm³/mol. The summed E-state index contributed by atoms with van der Waals surface area (Å²) in [6.45, 7) is 2.85. The number of nitrogens with one attached hydrogen (secondary N) is 1. The molecule has 9 nitrogen and oxygen atoms in total. The number of carbonyl (C=O) groups excluding carboxylic acids is 1. The standard InChI is InChI=1S/C9H16N6O3S/c1-2-7-11-8(13-12-7)9(16)14-3-5-15(6-4-14)19(10,17)18/h2-6H2,1H3,(H2,10,17,18)(H,11,12,13). The first-order chi connectivity index (χ1) is 8.91. The van der Waals surface area contributed by atoms with Crippen molar-refractivity contribution in [2.24, 2.45) is 5.14 Å². The Labute approximate surface area is 111 Å². The lowest BCUT2D eigenvalue weighted by molar-refractivity contribution is 0.0686. The number of piperazine rings is 1. The van der Waals surface area contributed by atoms with Crippen molar-refractivity contribution in [2.45, 2.75) is 13.3 Å². The highest BCUT2D eigenvalue weighted by molar-refractivity contribution is 7.86. The molecule has 0 aliphatic carbocycles. The summed E-state index contributed by atoms with van der Waals surface area (Å²) in [7, 11) is -3.68. The Morgan fingerprint density at radius 1 is 1.37 bits per heavy atom. The summed E-state index contributed by atoms with van der Waals surface area (Å²) < 4.78 is 23.4. The fraction of sp³-hybridized carbons (Fsp3) is 0.667. The molecule has 0 bridgehead atoms. The van der Waals surface area contributed by atoms with Crippen LogP contribution in [0.4, 0.5) is 0 Å². The van der Waals surface area contributed by atoms with Crippen molar-refractivity contribution in [3.63, 3.8) is 0 Å². The van der Waals surface area contributed by atoms with Gasteiger partial charge in [-0.25, -0.2) is 10.1 Å². The summed E-state index contributed by atoms with van der Waals surface area (Å²) in [4.78, 5) is 17.6. The molecular formula is C9H16N6O3S. The van der Waals surface area contributed by atoms with Gasteiger partial charge in [0.1, 0.15) is 5.82 Å². The van der Waals surface area contributed by atoms with E-state index in [0.717, 1.165) is 4.31 Å². The van der Waals surface area contributed by atoms with Gasteiger partial charge in [-0.05, 0) is 0 Å². The summed E-state index contributed by atoms with van der Waals surface area (Å²) in [6.07, 6.45) is 0.666. The summed E-state index contributed by atoms with van der Waals surface area (Å²) >= 11 is 0. The zero-order valence-electron chi connectivity index (χ0n) is 10.5. The number of nitrogens with zero attached hydrogens (tertiary/aromatic N) is 4. The fourth-order valence-electron chi connectivity index (χ4n) is 1.84. The second kappa shape index (κ2) is 5.23. The molecule has 19 heavy (non-hydrogen) atoms. The number of aryl methyl sites for hydroxylation is 1. The average molecular weight is 288 g/mol. The molecular weight excluding hydrogens is 272 g/mol. The molecule has 0 saturated carbocycles. The van der Waals surface area contributed by atoms with Crippen molar-refractivity contribution in [1.82, 2.24) is 24.4 Å². The van der Waals surface area contributed by atoms with Gasteiger partial charge in [-0.15, -0.1) is 5.10 Å². The lowest BCUT2D eigenvalue weighted by Crippen LogP contribution is -2.52. The SMILES string of the molecule is CCc1nc(C(=O)N2CCN(S(N)(=O)=O)CC2)n[nH]1. The van der Waals surface area contributed by atoms with Crippen molar-refractivity contribution < 1.29 is 13.2 Å². The Bertz CT molecular complexity index is 560. The highest BCUT2D eigenvalue weighted by Crippen LogP contribution is 2.07. The Hall–Kier alpha value is -1.52. The van der Waals surface area contributed by atoms with Gasteiger partial charge in [0.2, 0.25) is 5.82 Å². The van der Waals surface area contributed by atoms with Crippen molar-refractivity contribution in [1.29, 1.82) is 0 Å². The molecule has 10 heteroatoms. The number of aromatic amines is 1. The van der Waals surface area contributed by atoms with Crippen LogP contribution < -0.4 is 5.14 Å². The van der Waals surface area contributed by atoms with E-state index in [0.29, 0.717) is 12.2 Å². The van der Waals surface area contributed by atoms with Crippen molar-refractivity contribution in [2.75, 3.05) is 26.2 Å². The monoisotopic (exact) mass is 288 g/mol. The summed E-state index contributed by atoms with van der Waals surface area (Å²) in [6, 6.07) is 0. The minimum atomic E-state index is -3.68. The average Bonchev–Trinajstić information content (AvgIpc) is 2.86. The van der Waals surface area contributed by atoms with Crippen LogP contribution in [0.2, 0.25) is 0 Å². The first kappa shape index (κ1) is 13.9. The van der Waals surface area contributed by atoms with Crippen LogP contribution in [0.5, 0.6) is 0 Å². The van der Waals surface area contributed by atoms with Crippen LogP contribution in [0, 0.1) is 0 Å². The Balaban J connectivity index is 1.99. The quantitative estimate of drug-likeness (QED) is 0.687. The molecule has 3 N–H and O–H groups in total. The Morgan fingerprint density at radius 2 is 2.00 bits per heavy atom. The molecule has 0 unspecified atom stereocenters. The first-order valence-corrected chi connectivity index (χ1v) is 7.40. The Kier molecular flexibility index (Phi) is 3.83. The second-order valence-electron chi connectivity index (χ2n) is 4.20. The highest BCUT2D eigenvalue weighted by Gasteiger charge is 2.28. The maximum atomic E-state index is 12.1. The molecule has 1 aromatic rings. The molecule has 1 saturated heterocycles. The van der Waals surface area contributed by atoms with Crippen LogP contribution in [0.15, 0.2) is 0 Å². The third-order valence-corrected chi connectivity index (χ3v) is 4.03. The maximum absolute atomic E-state index is 12.1. The largest absolute Gasteiger partial charge is 0.333 e. The van der Waals surface area contributed by atoms with Gasteiger partial charge in [0.25, 0.3) is 16.1 Å². The topological polar surface area (TPSA) is 125 Å². The lowest BCUT2D eigenvalue weighted by atomic mass is 10.3. The van der Waals surface area contributed by atoms with Crippen LogP contribution in [0.3, 0.4) is 0 Å². The van der Waals surface area contributed by atoms with Crippen LogP contribution in [0.1, 0.15) is 23.4 Å². The minimum Gasteiger partial charge on any atom is -0.333 e. The number of rotatable bonds is 3. The van der Waals surface area contributed by atoms with Gasteiger partial charge < -0.3 is 4.90 Å². The van der Waals surface area contributed by atoms with Gasteiger partial charge in [0.15, 0.2) is 0 Å². The highest BCUT2D eigenvalue weighted by atomic mass is 32.2. The van der Waals surface area contributed by atoms with Crippen LogP contribution in [-0.4, -0.2) is 64.9 Å². The summed E-state index contributed by atoms with van der Waals surface area (Å²) in [5.41, 5.74) is 0. The zero-order chi connectivity index (χ0) is 14.0. The summed E-state index contributed by atoms with van der Waals surface area (Å²) in [5.74, 6) is 0.456. The third-order valence-electron chi connectivity index (χ3n) is 2.94. The molecule has 2 heterocycles. The van der Waals surface area contributed by atoms with Gasteiger partial charge in [-0.1, -0.05) is 6.92 Å².